The van der Waals surface area contributed by atoms with Crippen LogP contribution in [0.15, 0.2) is 24.3 Å². The highest BCUT2D eigenvalue weighted by Crippen LogP contribution is 2.46. The summed E-state index contributed by atoms with van der Waals surface area (Å²) >= 11 is 12.5. The van der Waals surface area contributed by atoms with Crippen molar-refractivity contribution in [3.05, 3.63) is 56.6 Å². The first-order valence-corrected chi connectivity index (χ1v) is 9.28. The zero-order valence-corrected chi connectivity index (χ0v) is 17.1. The Labute approximate surface area is 160 Å². The van der Waals surface area contributed by atoms with Gasteiger partial charge in [-0.2, -0.15) is 0 Å². The van der Waals surface area contributed by atoms with E-state index in [4.69, 9.17) is 23.2 Å². The molecule has 4 heteroatoms. The van der Waals surface area contributed by atoms with Gasteiger partial charge in [0.05, 0.1) is 10.0 Å². The monoisotopic (exact) mass is 380 g/mol. The maximum atomic E-state index is 10.6. The highest BCUT2D eigenvalue weighted by atomic mass is 35.5. The molecule has 2 aromatic rings. The molecule has 2 N–H and O–H groups in total. The van der Waals surface area contributed by atoms with E-state index >= 15 is 0 Å². The van der Waals surface area contributed by atoms with Crippen molar-refractivity contribution in [1.29, 1.82) is 0 Å². The molecule has 0 unspecified atom stereocenters. The number of benzene rings is 2. The molecular formula is C21H26Cl2O2. The van der Waals surface area contributed by atoms with E-state index in [0.717, 1.165) is 11.1 Å². The fourth-order valence-corrected chi connectivity index (χ4v) is 3.46. The molecule has 0 bridgehead atoms. The normalized spacial score (nSPS) is 12.2. The summed E-state index contributed by atoms with van der Waals surface area (Å²) in [5.41, 5.74) is 2.76. The van der Waals surface area contributed by atoms with Crippen LogP contribution in [0.4, 0.5) is 0 Å². The number of phenolic OH excluding ortho intramolecular Hbond substituents is 2. The first-order valence-electron chi connectivity index (χ1n) is 8.52. The van der Waals surface area contributed by atoms with E-state index in [-0.39, 0.29) is 23.3 Å². The van der Waals surface area contributed by atoms with Crippen molar-refractivity contribution < 1.29 is 10.2 Å². The quantitative estimate of drug-likeness (QED) is 0.600. The van der Waals surface area contributed by atoms with Gasteiger partial charge in [-0.05, 0) is 35.1 Å². The predicted octanol–water partition coefficient (Wildman–Crippen LogP) is 6.98. The smallest absolute Gasteiger partial charge is 0.138 e. The maximum absolute atomic E-state index is 10.6. The molecule has 0 atom stereocenters. The summed E-state index contributed by atoms with van der Waals surface area (Å²) in [6.07, 6.45) is 0. The first kappa shape index (κ1) is 19.9. The fraction of sp³-hybridized carbons (Fsp3) is 0.429. The Morgan fingerprint density at radius 2 is 1.04 bits per heavy atom. The molecule has 2 nitrogen and oxygen atoms in total. The second-order valence-corrected chi connectivity index (χ2v) is 8.55. The summed E-state index contributed by atoms with van der Waals surface area (Å²) in [5.74, 6) is 0.627. The van der Waals surface area contributed by atoms with Crippen LogP contribution < -0.4 is 0 Å². The standard InChI is InChI=1S/C21H26Cl2O2/c1-11(2)13-7-15(19(24)17(22)9-13)21(5,6)16-8-14(12(3)4)10-18(23)20(16)25/h7-12,24-25H,1-6H3. The van der Waals surface area contributed by atoms with Crippen LogP contribution in [0.2, 0.25) is 10.0 Å². The van der Waals surface area contributed by atoms with Gasteiger partial charge in [0, 0.05) is 16.5 Å². The molecule has 0 aliphatic heterocycles. The molecule has 0 radical (unpaired) electrons. The van der Waals surface area contributed by atoms with Gasteiger partial charge >= 0.3 is 0 Å². The number of halogens is 2. The van der Waals surface area contributed by atoms with E-state index in [1.807, 2.05) is 26.0 Å². The van der Waals surface area contributed by atoms with Crippen molar-refractivity contribution in [2.24, 2.45) is 0 Å². The zero-order valence-electron chi connectivity index (χ0n) is 15.6. The molecule has 0 spiro atoms. The molecule has 0 saturated heterocycles. The average molecular weight is 381 g/mol. The number of hydrogen-bond donors (Lipinski definition) is 2. The Morgan fingerprint density at radius 1 is 0.720 bits per heavy atom. The Kier molecular flexibility index (Phi) is 5.65. The molecule has 0 aliphatic rings. The lowest BCUT2D eigenvalue weighted by atomic mass is 9.75. The van der Waals surface area contributed by atoms with E-state index in [1.165, 1.54) is 0 Å². The van der Waals surface area contributed by atoms with E-state index in [9.17, 15) is 10.2 Å². The van der Waals surface area contributed by atoms with Gasteiger partial charge in [0.2, 0.25) is 0 Å². The largest absolute Gasteiger partial charge is 0.506 e. The van der Waals surface area contributed by atoms with Gasteiger partial charge in [0.15, 0.2) is 0 Å². The van der Waals surface area contributed by atoms with Crippen LogP contribution in [0.3, 0.4) is 0 Å². The minimum atomic E-state index is -0.669. The highest BCUT2D eigenvalue weighted by molar-refractivity contribution is 6.32. The van der Waals surface area contributed by atoms with E-state index in [0.29, 0.717) is 21.2 Å². The molecule has 0 aliphatic carbocycles. The Balaban J connectivity index is 2.75. The Bertz CT molecular complexity index is 727. The van der Waals surface area contributed by atoms with Crippen LogP contribution >= 0.6 is 23.2 Å². The van der Waals surface area contributed by atoms with Crippen LogP contribution in [0.1, 0.15) is 75.6 Å². The summed E-state index contributed by atoms with van der Waals surface area (Å²) in [5, 5.41) is 21.8. The number of aromatic hydroxyl groups is 2. The summed E-state index contributed by atoms with van der Waals surface area (Å²) in [7, 11) is 0. The lowest BCUT2D eigenvalue weighted by Crippen LogP contribution is -2.20. The summed E-state index contributed by atoms with van der Waals surface area (Å²) in [4.78, 5) is 0. The van der Waals surface area contributed by atoms with Crippen molar-refractivity contribution in [3.8, 4) is 11.5 Å². The highest BCUT2D eigenvalue weighted by Gasteiger charge is 2.32. The van der Waals surface area contributed by atoms with E-state index in [2.05, 4.69) is 27.7 Å². The molecule has 0 amide bonds. The third kappa shape index (κ3) is 3.75. The van der Waals surface area contributed by atoms with Gasteiger partial charge in [0.1, 0.15) is 11.5 Å². The van der Waals surface area contributed by atoms with Crippen molar-refractivity contribution in [2.45, 2.75) is 58.8 Å². The molecule has 25 heavy (non-hydrogen) atoms. The Morgan fingerprint density at radius 3 is 1.32 bits per heavy atom. The van der Waals surface area contributed by atoms with Crippen LogP contribution in [-0.4, -0.2) is 10.2 Å². The molecule has 2 aromatic carbocycles. The number of rotatable bonds is 4. The molecule has 136 valence electrons. The molecule has 0 saturated carbocycles. The molecule has 0 heterocycles. The van der Waals surface area contributed by atoms with Crippen LogP contribution in [0.5, 0.6) is 11.5 Å². The van der Waals surface area contributed by atoms with Gasteiger partial charge < -0.3 is 10.2 Å². The SMILES string of the molecule is CC(C)c1cc(Cl)c(O)c(C(C)(C)c2cc(C(C)C)cc(Cl)c2O)c1. The minimum Gasteiger partial charge on any atom is -0.506 e. The van der Waals surface area contributed by atoms with E-state index in [1.54, 1.807) is 12.1 Å². The van der Waals surface area contributed by atoms with Gasteiger partial charge in [-0.25, -0.2) is 0 Å². The van der Waals surface area contributed by atoms with Crippen LogP contribution in [0, 0.1) is 0 Å². The molecule has 0 aromatic heterocycles. The third-order valence-electron chi connectivity index (χ3n) is 4.85. The first-order chi connectivity index (χ1) is 11.5. The van der Waals surface area contributed by atoms with Crippen molar-refractivity contribution in [3.63, 3.8) is 0 Å². The zero-order chi connectivity index (χ0) is 19.1. The van der Waals surface area contributed by atoms with Crippen molar-refractivity contribution in [1.82, 2.24) is 0 Å². The topological polar surface area (TPSA) is 40.5 Å². The molecule has 0 fully saturated rings. The summed E-state index contributed by atoms with van der Waals surface area (Å²) in [6, 6.07) is 7.50. The second-order valence-electron chi connectivity index (χ2n) is 7.73. The Hall–Kier alpha value is -1.38. The number of hydrogen-bond acceptors (Lipinski definition) is 2. The van der Waals surface area contributed by atoms with E-state index < -0.39 is 5.41 Å². The van der Waals surface area contributed by atoms with Gasteiger partial charge in [-0.1, -0.05) is 76.9 Å². The lowest BCUT2D eigenvalue weighted by molar-refractivity contribution is 0.435. The number of phenols is 2. The molecule has 2 rings (SSSR count). The van der Waals surface area contributed by atoms with Crippen molar-refractivity contribution in [2.75, 3.05) is 0 Å². The maximum Gasteiger partial charge on any atom is 0.138 e. The lowest BCUT2D eigenvalue weighted by Gasteiger charge is -2.30. The van der Waals surface area contributed by atoms with Gasteiger partial charge in [0.25, 0.3) is 0 Å². The second kappa shape index (κ2) is 7.09. The third-order valence-corrected chi connectivity index (χ3v) is 5.43. The van der Waals surface area contributed by atoms with Gasteiger partial charge in [-0.3, -0.25) is 0 Å². The minimum absolute atomic E-state index is 0.0431. The van der Waals surface area contributed by atoms with Gasteiger partial charge in [-0.15, -0.1) is 0 Å². The van der Waals surface area contributed by atoms with Crippen molar-refractivity contribution >= 4 is 23.2 Å². The molecular weight excluding hydrogens is 355 g/mol. The van der Waals surface area contributed by atoms with Crippen LogP contribution in [-0.2, 0) is 5.41 Å². The average Bonchev–Trinajstić information content (AvgIpc) is 2.51. The van der Waals surface area contributed by atoms with Crippen LogP contribution in [0.25, 0.3) is 0 Å². The summed E-state index contributed by atoms with van der Waals surface area (Å²) < 4.78 is 0. The summed E-state index contributed by atoms with van der Waals surface area (Å²) in [6.45, 7) is 12.2. The predicted molar refractivity (Wildman–Crippen MR) is 107 cm³/mol. The fourth-order valence-electron chi connectivity index (χ4n) is 3.00.